The fourth-order valence-corrected chi connectivity index (χ4v) is 3.01. The van der Waals surface area contributed by atoms with E-state index >= 15 is 0 Å². The number of pyridine rings is 1. The van der Waals surface area contributed by atoms with Crippen molar-refractivity contribution in [3.05, 3.63) is 42.0 Å². The van der Waals surface area contributed by atoms with Gasteiger partial charge in [0.2, 0.25) is 0 Å². The van der Waals surface area contributed by atoms with Crippen LogP contribution in [0.15, 0.2) is 30.6 Å². The van der Waals surface area contributed by atoms with Crippen LogP contribution in [0.2, 0.25) is 0 Å². The van der Waals surface area contributed by atoms with Crippen molar-refractivity contribution in [2.75, 3.05) is 13.1 Å². The van der Waals surface area contributed by atoms with Gasteiger partial charge in [-0.3, -0.25) is 9.78 Å². The van der Waals surface area contributed by atoms with Gasteiger partial charge < -0.3 is 9.64 Å². The maximum absolute atomic E-state index is 12.5. The summed E-state index contributed by atoms with van der Waals surface area (Å²) >= 11 is 0. The third kappa shape index (κ3) is 2.09. The molecule has 1 amide bonds. The highest BCUT2D eigenvalue weighted by molar-refractivity contribution is 5.92. The summed E-state index contributed by atoms with van der Waals surface area (Å²) < 4.78 is 7.74. The van der Waals surface area contributed by atoms with Crippen molar-refractivity contribution in [2.45, 2.75) is 25.2 Å². The molecule has 108 valence electrons. The van der Waals surface area contributed by atoms with Crippen LogP contribution in [0.3, 0.4) is 0 Å². The average molecular weight is 285 g/mol. The number of ether oxygens (including phenoxy) is 1. The van der Waals surface area contributed by atoms with Gasteiger partial charge >= 0.3 is 0 Å². The van der Waals surface area contributed by atoms with Crippen LogP contribution in [-0.4, -0.2) is 50.0 Å². The molecule has 0 aliphatic carbocycles. The fourth-order valence-electron chi connectivity index (χ4n) is 3.01. The molecule has 2 aromatic heterocycles. The van der Waals surface area contributed by atoms with E-state index in [0.29, 0.717) is 25.4 Å². The lowest BCUT2D eigenvalue weighted by Gasteiger charge is -2.40. The molecule has 0 saturated carbocycles. The van der Waals surface area contributed by atoms with Crippen molar-refractivity contribution in [1.29, 1.82) is 0 Å². The molecule has 2 aliphatic heterocycles. The van der Waals surface area contributed by atoms with Crippen LogP contribution in [0.4, 0.5) is 0 Å². The topological polar surface area (TPSA) is 73.1 Å². The standard InChI is InChI=1S/C14H15N5O2/c20-14(11-3-1-2-5-15-11)18-6-4-13-12(8-18)19-10(9-21-13)7-16-17-19/h1-3,5,7,12-13H,4,6,8-9H2/t12-,13+/m0/s1. The Labute approximate surface area is 121 Å². The molecule has 4 rings (SSSR count). The van der Waals surface area contributed by atoms with E-state index in [1.54, 1.807) is 24.5 Å². The lowest BCUT2D eigenvalue weighted by molar-refractivity contribution is -0.0605. The van der Waals surface area contributed by atoms with E-state index in [4.69, 9.17) is 4.74 Å². The van der Waals surface area contributed by atoms with Crippen molar-refractivity contribution >= 4 is 5.91 Å². The average Bonchev–Trinajstić information content (AvgIpc) is 3.03. The van der Waals surface area contributed by atoms with Gasteiger partial charge in [0.25, 0.3) is 5.91 Å². The number of hydrogen-bond acceptors (Lipinski definition) is 5. The Hall–Kier alpha value is -2.28. The zero-order valence-corrected chi connectivity index (χ0v) is 11.4. The van der Waals surface area contributed by atoms with Crippen molar-refractivity contribution in [3.8, 4) is 0 Å². The Bertz CT molecular complexity index is 656. The molecule has 0 unspecified atom stereocenters. The highest BCUT2D eigenvalue weighted by Gasteiger charge is 2.38. The molecule has 2 aromatic rings. The zero-order chi connectivity index (χ0) is 14.2. The lowest BCUT2D eigenvalue weighted by atomic mass is 10.00. The van der Waals surface area contributed by atoms with Gasteiger partial charge in [0.05, 0.1) is 30.6 Å². The third-order valence-electron chi connectivity index (χ3n) is 4.10. The second-order valence-electron chi connectivity index (χ2n) is 5.34. The SMILES string of the molecule is O=C(c1ccccn1)N1CC[C@H]2OCc3cnnn3[C@H]2C1. The van der Waals surface area contributed by atoms with E-state index in [9.17, 15) is 4.79 Å². The van der Waals surface area contributed by atoms with Gasteiger partial charge in [0.15, 0.2) is 0 Å². The minimum absolute atomic E-state index is 0.0395. The number of rotatable bonds is 1. The number of aromatic nitrogens is 4. The van der Waals surface area contributed by atoms with Crippen molar-refractivity contribution in [3.63, 3.8) is 0 Å². The van der Waals surface area contributed by atoms with Gasteiger partial charge in [-0.2, -0.15) is 0 Å². The van der Waals surface area contributed by atoms with E-state index in [-0.39, 0.29) is 18.1 Å². The highest BCUT2D eigenvalue weighted by atomic mass is 16.5. The molecule has 21 heavy (non-hydrogen) atoms. The monoisotopic (exact) mass is 285 g/mol. The number of carbonyl (C=O) groups is 1. The first-order chi connectivity index (χ1) is 10.3. The minimum atomic E-state index is -0.0405. The lowest BCUT2D eigenvalue weighted by Crippen LogP contribution is -2.50. The third-order valence-corrected chi connectivity index (χ3v) is 4.10. The Kier molecular flexibility index (Phi) is 2.92. The van der Waals surface area contributed by atoms with Gasteiger partial charge in [0.1, 0.15) is 5.69 Å². The van der Waals surface area contributed by atoms with Gasteiger partial charge in [-0.15, -0.1) is 5.10 Å². The summed E-state index contributed by atoms with van der Waals surface area (Å²) in [5.74, 6) is -0.0405. The molecule has 1 fully saturated rings. The largest absolute Gasteiger partial charge is 0.370 e. The van der Waals surface area contributed by atoms with E-state index in [2.05, 4.69) is 15.3 Å². The van der Waals surface area contributed by atoms with E-state index < -0.39 is 0 Å². The van der Waals surface area contributed by atoms with Crippen LogP contribution in [-0.2, 0) is 11.3 Å². The van der Waals surface area contributed by atoms with Crippen LogP contribution in [0.25, 0.3) is 0 Å². The predicted molar refractivity (Wildman–Crippen MR) is 72.4 cm³/mol. The number of fused-ring (bicyclic) bond motifs is 3. The maximum atomic E-state index is 12.5. The summed E-state index contributed by atoms with van der Waals surface area (Å²) in [6.45, 7) is 1.80. The molecule has 4 heterocycles. The Morgan fingerprint density at radius 2 is 2.33 bits per heavy atom. The molecule has 0 radical (unpaired) electrons. The van der Waals surface area contributed by atoms with E-state index in [1.807, 2.05) is 15.6 Å². The Morgan fingerprint density at radius 1 is 1.38 bits per heavy atom. The second kappa shape index (κ2) is 4.92. The van der Waals surface area contributed by atoms with Gasteiger partial charge in [-0.1, -0.05) is 11.3 Å². The molecule has 7 nitrogen and oxygen atoms in total. The van der Waals surface area contributed by atoms with E-state index in [0.717, 1.165) is 12.1 Å². The maximum Gasteiger partial charge on any atom is 0.272 e. The second-order valence-corrected chi connectivity index (χ2v) is 5.34. The normalized spacial score (nSPS) is 24.3. The predicted octanol–water partition coefficient (Wildman–Crippen LogP) is 0.659. The zero-order valence-electron chi connectivity index (χ0n) is 11.4. The number of carbonyl (C=O) groups excluding carboxylic acids is 1. The molecular formula is C14H15N5O2. The Balaban J connectivity index is 1.58. The fraction of sp³-hybridized carbons (Fsp3) is 0.429. The molecule has 0 bridgehead atoms. The van der Waals surface area contributed by atoms with E-state index in [1.165, 1.54) is 0 Å². The summed E-state index contributed by atoms with van der Waals surface area (Å²) in [6.07, 6.45) is 4.27. The van der Waals surface area contributed by atoms with Crippen LogP contribution >= 0.6 is 0 Å². The first kappa shape index (κ1) is 12.5. The highest BCUT2D eigenvalue weighted by Crippen LogP contribution is 2.30. The molecule has 0 spiro atoms. The molecule has 2 atom stereocenters. The number of piperidine rings is 1. The van der Waals surface area contributed by atoms with Crippen LogP contribution < -0.4 is 0 Å². The smallest absolute Gasteiger partial charge is 0.272 e. The molecule has 2 aliphatic rings. The quantitative estimate of drug-likeness (QED) is 0.769. The van der Waals surface area contributed by atoms with Crippen LogP contribution in [0.1, 0.15) is 28.6 Å². The Morgan fingerprint density at radius 3 is 3.19 bits per heavy atom. The van der Waals surface area contributed by atoms with Gasteiger partial charge in [-0.25, -0.2) is 4.68 Å². The van der Waals surface area contributed by atoms with Gasteiger partial charge in [0, 0.05) is 19.3 Å². The molecule has 1 saturated heterocycles. The van der Waals surface area contributed by atoms with Crippen molar-refractivity contribution in [1.82, 2.24) is 24.9 Å². The number of likely N-dealkylation sites (tertiary alicyclic amines) is 1. The summed E-state index contributed by atoms with van der Waals surface area (Å²) in [7, 11) is 0. The summed E-state index contributed by atoms with van der Waals surface area (Å²) in [5, 5.41) is 8.08. The number of amides is 1. The molecule has 0 aromatic carbocycles. The van der Waals surface area contributed by atoms with Crippen molar-refractivity contribution < 1.29 is 9.53 Å². The molecule has 7 heteroatoms. The first-order valence-corrected chi connectivity index (χ1v) is 7.04. The van der Waals surface area contributed by atoms with Crippen LogP contribution in [0, 0.1) is 0 Å². The number of hydrogen-bond donors (Lipinski definition) is 0. The number of nitrogens with zero attached hydrogens (tertiary/aromatic N) is 5. The van der Waals surface area contributed by atoms with Crippen LogP contribution in [0.5, 0.6) is 0 Å². The summed E-state index contributed by atoms with van der Waals surface area (Å²) in [6, 6.07) is 5.41. The first-order valence-electron chi connectivity index (χ1n) is 7.04. The minimum Gasteiger partial charge on any atom is -0.370 e. The molecular weight excluding hydrogens is 270 g/mol. The summed E-state index contributed by atoms with van der Waals surface area (Å²) in [4.78, 5) is 18.5. The summed E-state index contributed by atoms with van der Waals surface area (Å²) in [5.41, 5.74) is 1.44. The van der Waals surface area contributed by atoms with Crippen molar-refractivity contribution in [2.24, 2.45) is 0 Å². The van der Waals surface area contributed by atoms with Gasteiger partial charge in [-0.05, 0) is 18.6 Å². The molecule has 0 N–H and O–H groups in total.